The first-order valence-electron chi connectivity index (χ1n) is 12.0. The van der Waals surface area contributed by atoms with Crippen LogP contribution >= 0.6 is 0 Å². The number of amides is 3. The van der Waals surface area contributed by atoms with Gasteiger partial charge in [0.05, 0.1) is 17.9 Å². The maximum atomic E-state index is 12.3. The third-order valence-electron chi connectivity index (χ3n) is 5.06. The maximum absolute atomic E-state index is 12.3. The van der Waals surface area contributed by atoms with E-state index in [-0.39, 0.29) is 30.0 Å². The molecule has 1 atom stereocenters. The number of rotatable bonds is 12. The number of nitrogens with zero attached hydrogens (tertiary/aromatic N) is 3. The minimum atomic E-state index is -2.96. The number of aromatic hydroxyl groups is 1. The first-order chi connectivity index (χ1) is 19.6. The van der Waals surface area contributed by atoms with Gasteiger partial charge in [-0.25, -0.2) is 14.8 Å². The fourth-order valence-electron chi connectivity index (χ4n) is 2.99. The molecule has 12 nitrogen and oxygen atoms in total. The Kier molecular flexibility index (Phi) is 13.0. The summed E-state index contributed by atoms with van der Waals surface area (Å²) in [5.74, 6) is -1.22. The summed E-state index contributed by atoms with van der Waals surface area (Å²) in [5, 5.41) is 22.8. The van der Waals surface area contributed by atoms with E-state index in [4.69, 9.17) is 14.9 Å². The highest BCUT2D eigenvalue weighted by Crippen LogP contribution is 2.30. The van der Waals surface area contributed by atoms with Crippen molar-refractivity contribution in [2.45, 2.75) is 20.1 Å². The average Bonchev–Trinajstić information content (AvgIpc) is 2.94. The van der Waals surface area contributed by atoms with Crippen molar-refractivity contribution < 1.29 is 42.9 Å². The molecule has 0 bridgehead atoms. The maximum Gasteiger partial charge on any atom is 0.387 e. The van der Waals surface area contributed by atoms with Gasteiger partial charge in [0, 0.05) is 26.3 Å². The summed E-state index contributed by atoms with van der Waals surface area (Å²) < 4.78 is 34.3. The van der Waals surface area contributed by atoms with Crippen molar-refractivity contribution in [3.05, 3.63) is 72.4 Å². The molecule has 0 radical (unpaired) electrons. The summed E-state index contributed by atoms with van der Waals surface area (Å²) in [6.07, 6.45) is 3.13. The van der Waals surface area contributed by atoms with Gasteiger partial charge in [-0.3, -0.25) is 9.59 Å². The van der Waals surface area contributed by atoms with Gasteiger partial charge in [0.25, 0.3) is 5.88 Å². The number of halogens is 2. The predicted octanol–water partition coefficient (Wildman–Crippen LogP) is 4.14. The van der Waals surface area contributed by atoms with Crippen molar-refractivity contribution in [2.24, 2.45) is 10.9 Å². The monoisotopic (exact) mass is 573 g/mol. The van der Waals surface area contributed by atoms with Gasteiger partial charge in [-0.05, 0) is 54.1 Å². The fourth-order valence-corrected chi connectivity index (χ4v) is 2.99. The number of aliphatic imine (C=N–C) groups is 1. The van der Waals surface area contributed by atoms with Crippen LogP contribution in [-0.4, -0.2) is 65.0 Å². The molecule has 0 aliphatic carbocycles. The molecule has 3 amide bonds. The number of carbonyl (C=O) groups excluding carboxylic acids is 2. The molecule has 3 rings (SSSR count). The van der Waals surface area contributed by atoms with Crippen LogP contribution in [0.5, 0.6) is 23.1 Å². The summed E-state index contributed by atoms with van der Waals surface area (Å²) in [7, 11) is 1.55. The van der Waals surface area contributed by atoms with Gasteiger partial charge in [-0.1, -0.05) is 19.1 Å². The largest absolute Gasteiger partial charge is 0.508 e. The van der Waals surface area contributed by atoms with Crippen molar-refractivity contribution in [3.63, 3.8) is 0 Å². The van der Waals surface area contributed by atoms with Crippen LogP contribution in [0.15, 0.2) is 71.9 Å². The van der Waals surface area contributed by atoms with E-state index in [9.17, 15) is 23.2 Å². The van der Waals surface area contributed by atoms with Crippen LogP contribution in [0.2, 0.25) is 0 Å². The number of carboxylic acids is 1. The number of hydrogen-bond acceptors (Lipinski definition) is 8. The zero-order valence-electron chi connectivity index (χ0n) is 22.1. The Balaban J connectivity index is 0.000000290. The molecule has 14 heteroatoms. The van der Waals surface area contributed by atoms with Crippen LogP contribution in [-0.2, 0) is 16.1 Å². The van der Waals surface area contributed by atoms with Gasteiger partial charge in [-0.15, -0.1) is 0 Å². The molecule has 1 aromatic heterocycles. The number of alkyl halides is 2. The van der Waals surface area contributed by atoms with Crippen molar-refractivity contribution in [3.8, 4) is 23.1 Å². The number of carboxylic acid groups (broad SMARTS) is 1. The Morgan fingerprint density at radius 1 is 1.12 bits per heavy atom. The van der Waals surface area contributed by atoms with E-state index in [0.717, 1.165) is 5.56 Å². The second-order valence-electron chi connectivity index (χ2n) is 8.27. The molecule has 2 aromatic carbocycles. The Bertz CT molecular complexity index is 1290. The number of phenols is 1. The third kappa shape index (κ3) is 12.0. The number of benzene rings is 2. The fraction of sp³-hybridized carbons (Fsp3) is 0.222. The zero-order valence-corrected chi connectivity index (χ0v) is 22.1. The Hall–Kier alpha value is -5.27. The molecule has 0 saturated carbocycles. The second-order valence-corrected chi connectivity index (χ2v) is 8.27. The van der Waals surface area contributed by atoms with E-state index in [0.29, 0.717) is 24.4 Å². The molecule has 0 aliphatic heterocycles. The summed E-state index contributed by atoms with van der Waals surface area (Å²) in [6, 6.07) is 15.3. The van der Waals surface area contributed by atoms with Crippen LogP contribution in [0.25, 0.3) is 0 Å². The Morgan fingerprint density at radius 2 is 1.80 bits per heavy atom. The van der Waals surface area contributed by atoms with Crippen LogP contribution in [0.4, 0.5) is 19.3 Å². The van der Waals surface area contributed by atoms with Gasteiger partial charge in [0.2, 0.25) is 6.41 Å². The molecule has 0 aliphatic rings. The number of ether oxygens (including phenoxy) is 2. The topological polar surface area (TPSA) is 163 Å². The van der Waals surface area contributed by atoms with Gasteiger partial charge in [0.15, 0.2) is 5.75 Å². The molecule has 0 spiro atoms. The zero-order chi connectivity index (χ0) is 30.2. The number of urea groups is 1. The van der Waals surface area contributed by atoms with Crippen LogP contribution in [0.1, 0.15) is 12.5 Å². The number of pyridine rings is 1. The van der Waals surface area contributed by atoms with Crippen molar-refractivity contribution in [2.75, 3.05) is 13.6 Å². The number of aromatic nitrogens is 1. The molecular weight excluding hydrogens is 544 g/mol. The van der Waals surface area contributed by atoms with E-state index in [1.807, 2.05) is 0 Å². The summed E-state index contributed by atoms with van der Waals surface area (Å²) in [6.45, 7) is -0.943. The first-order valence-corrected chi connectivity index (χ1v) is 12.0. The Morgan fingerprint density at radius 3 is 2.41 bits per heavy atom. The van der Waals surface area contributed by atoms with Crippen LogP contribution in [0, 0.1) is 5.92 Å². The van der Waals surface area contributed by atoms with E-state index in [2.05, 4.69) is 25.3 Å². The normalized spacial score (nSPS) is 11.1. The Labute approximate surface area is 234 Å². The lowest BCUT2D eigenvalue weighted by Gasteiger charge is -2.20. The van der Waals surface area contributed by atoms with Gasteiger partial charge in [0.1, 0.15) is 11.5 Å². The number of aliphatic carboxylic acids is 1. The smallest absolute Gasteiger partial charge is 0.387 e. The average molecular weight is 574 g/mol. The van der Waals surface area contributed by atoms with Gasteiger partial charge >= 0.3 is 18.6 Å². The minimum absolute atomic E-state index is 0.0679. The van der Waals surface area contributed by atoms with E-state index in [1.165, 1.54) is 41.7 Å². The standard InChI is InChI=1S/C14H11F2N3O3.C13H18N2O4/c15-14(16)22-12-2-1-7-18-13(12)21-11-5-3-10(4-6-11)19-8-17-9-20;1-9(12(17)18)8-15(2)13(19)14-7-10-3-5-11(16)6-4-10/h1-9,14H,(H,17,19,20);3-6,9,16H,7-8H2,1-2H3,(H,14,19)(H,17,18)/t;9-/m.0/s1. The van der Waals surface area contributed by atoms with Gasteiger partial charge in [-0.2, -0.15) is 8.78 Å². The molecule has 0 fully saturated rings. The molecule has 1 heterocycles. The molecule has 41 heavy (non-hydrogen) atoms. The minimum Gasteiger partial charge on any atom is -0.508 e. The van der Waals surface area contributed by atoms with Crippen molar-refractivity contribution in [1.29, 1.82) is 0 Å². The molecule has 218 valence electrons. The molecule has 3 aromatic rings. The van der Waals surface area contributed by atoms with Crippen molar-refractivity contribution >= 4 is 30.4 Å². The predicted molar refractivity (Wildman–Crippen MR) is 145 cm³/mol. The first kappa shape index (κ1) is 31.9. The quantitative estimate of drug-likeness (QED) is 0.143. The van der Waals surface area contributed by atoms with Gasteiger partial charge < -0.3 is 35.2 Å². The SMILES string of the molecule is C[C@@H](CN(C)C(=O)NCc1ccc(O)cc1)C(=O)O.O=CNC=Nc1ccc(Oc2ncccc2OC(F)F)cc1. The van der Waals surface area contributed by atoms with E-state index in [1.54, 1.807) is 50.4 Å². The number of nitrogens with one attached hydrogen (secondary N) is 2. The number of hydrogen-bond donors (Lipinski definition) is 4. The van der Waals surface area contributed by atoms with Crippen molar-refractivity contribution in [1.82, 2.24) is 20.5 Å². The summed E-state index contributed by atoms with van der Waals surface area (Å²) in [5.41, 5.74) is 1.43. The lowest BCUT2D eigenvalue weighted by molar-refractivity contribution is -0.141. The summed E-state index contributed by atoms with van der Waals surface area (Å²) in [4.78, 5) is 41.6. The molecule has 0 saturated heterocycles. The van der Waals surface area contributed by atoms with E-state index >= 15 is 0 Å². The summed E-state index contributed by atoms with van der Waals surface area (Å²) >= 11 is 0. The molecular formula is C27H29F2N5O7. The number of phenolic OH excluding ortho intramolecular Hbond substituents is 1. The number of carbonyl (C=O) groups is 3. The highest BCUT2D eigenvalue weighted by molar-refractivity contribution is 5.75. The lowest BCUT2D eigenvalue weighted by atomic mass is 10.2. The third-order valence-corrected chi connectivity index (χ3v) is 5.06. The van der Waals surface area contributed by atoms with Crippen LogP contribution in [0.3, 0.4) is 0 Å². The highest BCUT2D eigenvalue weighted by atomic mass is 19.3. The van der Waals surface area contributed by atoms with Crippen LogP contribution < -0.4 is 20.1 Å². The second kappa shape index (κ2) is 16.6. The highest BCUT2D eigenvalue weighted by Gasteiger charge is 2.17. The molecule has 4 N–H and O–H groups in total. The molecule has 0 unspecified atom stereocenters. The van der Waals surface area contributed by atoms with E-state index < -0.39 is 18.5 Å². The lowest BCUT2D eigenvalue weighted by Crippen LogP contribution is -2.40.